The lowest BCUT2D eigenvalue weighted by Crippen LogP contribution is -2.23. The average Bonchev–Trinajstić information content (AvgIpc) is 3.15. The highest BCUT2D eigenvalue weighted by Gasteiger charge is 2.53. The maximum atomic E-state index is 14.0. The molecule has 2 aromatic heterocycles. The molecular weight excluding hydrogens is 473 g/mol. The molecule has 14 heteroatoms. The number of nitrogens with one attached hydrogen (secondary N) is 3. The molecular formula is C13H10BrF2N4O5PS. The third-order valence-electron chi connectivity index (χ3n) is 3.50. The monoisotopic (exact) mass is 482 g/mol. The van der Waals surface area contributed by atoms with Gasteiger partial charge in [0, 0.05) is 20.1 Å². The van der Waals surface area contributed by atoms with E-state index >= 15 is 0 Å². The predicted molar refractivity (Wildman–Crippen MR) is 95.8 cm³/mol. The number of thiophene rings is 1. The van der Waals surface area contributed by atoms with Crippen molar-refractivity contribution in [3.8, 4) is 0 Å². The van der Waals surface area contributed by atoms with E-state index in [2.05, 4.69) is 36.4 Å². The van der Waals surface area contributed by atoms with Crippen molar-refractivity contribution in [2.45, 2.75) is 12.2 Å². The Morgan fingerprint density at radius 2 is 2.11 bits per heavy atom. The van der Waals surface area contributed by atoms with Gasteiger partial charge in [-0.1, -0.05) is 0 Å². The number of amides is 1. The van der Waals surface area contributed by atoms with Crippen LogP contribution >= 0.6 is 34.9 Å². The van der Waals surface area contributed by atoms with Crippen LogP contribution in [0.25, 0.3) is 10.1 Å². The van der Waals surface area contributed by atoms with Crippen molar-refractivity contribution in [3.05, 3.63) is 49.4 Å². The van der Waals surface area contributed by atoms with Crippen LogP contribution in [0.1, 0.15) is 21.1 Å². The van der Waals surface area contributed by atoms with E-state index in [0.29, 0.717) is 16.0 Å². The number of rotatable bonds is 5. The molecule has 0 saturated carbocycles. The van der Waals surface area contributed by atoms with E-state index in [1.807, 2.05) is 0 Å². The van der Waals surface area contributed by atoms with Gasteiger partial charge in [-0.05, 0) is 34.1 Å². The van der Waals surface area contributed by atoms with Gasteiger partial charge in [0.2, 0.25) is 0 Å². The number of hydrogen-bond donors (Lipinski definition) is 5. The van der Waals surface area contributed by atoms with Crippen LogP contribution in [0.4, 0.5) is 8.78 Å². The van der Waals surface area contributed by atoms with E-state index in [1.54, 1.807) is 0 Å². The Morgan fingerprint density at radius 3 is 2.70 bits per heavy atom. The number of nitrogens with zero attached hydrogens (tertiary/aromatic N) is 1. The summed E-state index contributed by atoms with van der Waals surface area (Å²) in [5.74, 6) is -0.350. The third-order valence-corrected chi connectivity index (χ3v) is 6.93. The molecule has 9 nitrogen and oxygen atoms in total. The second-order valence-corrected chi connectivity index (χ2v) is 8.84. The number of carbonyl (C=O) groups excluding carboxylic acids is 1. The number of benzene rings is 1. The molecule has 0 aliphatic heterocycles. The van der Waals surface area contributed by atoms with E-state index in [0.717, 1.165) is 0 Å². The first-order valence-corrected chi connectivity index (χ1v) is 10.3. The average molecular weight is 483 g/mol. The number of hydrogen-bond acceptors (Lipinski definition) is 5. The zero-order chi connectivity index (χ0) is 20.0. The summed E-state index contributed by atoms with van der Waals surface area (Å²) in [5, 5.41) is 8.48. The van der Waals surface area contributed by atoms with Crippen molar-refractivity contribution < 1.29 is 27.9 Å². The van der Waals surface area contributed by atoms with Crippen LogP contribution in [0, 0.1) is 0 Å². The van der Waals surface area contributed by atoms with E-state index in [4.69, 9.17) is 9.79 Å². The first-order chi connectivity index (χ1) is 12.5. The molecule has 0 saturated heterocycles. The Bertz CT molecular complexity index is 1140. The molecule has 0 fully saturated rings. The first kappa shape index (κ1) is 19.8. The van der Waals surface area contributed by atoms with Gasteiger partial charge in [-0.25, -0.2) is 9.89 Å². The molecule has 0 radical (unpaired) electrons. The molecule has 3 aromatic rings. The minimum absolute atomic E-state index is 0.0675. The number of carbonyl (C=O) groups is 1. The van der Waals surface area contributed by atoms with E-state index in [-0.39, 0.29) is 27.8 Å². The standard InChI is InChI=1S/C13H10BrF2N4O5PS/c14-9-6-3-5(11(21)17-4-8-18-12(22)20-19-8)1-2-7(6)27-10(9)13(15,16)26(23,24)25/h1-3H,4H2,(H,17,21)(H2,23,24,25)(H2,18,19,20,22). The Morgan fingerprint density at radius 1 is 1.41 bits per heavy atom. The van der Waals surface area contributed by atoms with Crippen LogP contribution < -0.4 is 11.0 Å². The van der Waals surface area contributed by atoms with Crippen LogP contribution in [-0.2, 0) is 16.8 Å². The molecule has 0 spiro atoms. The molecule has 0 aliphatic rings. The van der Waals surface area contributed by atoms with Gasteiger partial charge < -0.3 is 15.1 Å². The highest BCUT2D eigenvalue weighted by molar-refractivity contribution is 9.10. The van der Waals surface area contributed by atoms with Gasteiger partial charge >= 0.3 is 18.9 Å². The molecule has 0 atom stereocenters. The van der Waals surface area contributed by atoms with Crippen LogP contribution in [0.3, 0.4) is 0 Å². The Labute approximate surface area is 161 Å². The van der Waals surface area contributed by atoms with Gasteiger partial charge in [0.1, 0.15) is 10.7 Å². The molecule has 0 bridgehead atoms. The van der Waals surface area contributed by atoms with Gasteiger partial charge in [-0.3, -0.25) is 14.3 Å². The van der Waals surface area contributed by atoms with Gasteiger partial charge in [0.25, 0.3) is 5.91 Å². The summed E-state index contributed by atoms with van der Waals surface area (Å²) in [5.41, 5.74) is -4.75. The zero-order valence-electron chi connectivity index (χ0n) is 13.0. The summed E-state index contributed by atoms with van der Waals surface area (Å²) in [7, 11) is -5.72. The molecule has 5 N–H and O–H groups in total. The minimum atomic E-state index is -5.72. The first-order valence-electron chi connectivity index (χ1n) is 7.08. The van der Waals surface area contributed by atoms with Crippen molar-refractivity contribution >= 4 is 50.9 Å². The number of aromatic amines is 2. The maximum Gasteiger partial charge on any atom is 0.400 e. The Kier molecular flexibility index (Phi) is 5.08. The molecule has 1 amide bonds. The lowest BCUT2D eigenvalue weighted by Gasteiger charge is -2.16. The fraction of sp³-hybridized carbons (Fsp3) is 0.154. The lowest BCUT2D eigenvalue weighted by molar-refractivity contribution is 0.0595. The van der Waals surface area contributed by atoms with Crippen molar-refractivity contribution in [1.29, 1.82) is 0 Å². The fourth-order valence-electron chi connectivity index (χ4n) is 2.19. The topological polar surface area (TPSA) is 148 Å². The zero-order valence-corrected chi connectivity index (χ0v) is 16.3. The highest BCUT2D eigenvalue weighted by atomic mass is 79.9. The highest BCUT2D eigenvalue weighted by Crippen LogP contribution is 2.62. The van der Waals surface area contributed by atoms with Crippen molar-refractivity contribution in [2.24, 2.45) is 0 Å². The van der Waals surface area contributed by atoms with Gasteiger partial charge in [0.05, 0.1) is 6.54 Å². The fourth-order valence-corrected chi connectivity index (χ4v) is 5.11. The summed E-state index contributed by atoms with van der Waals surface area (Å²) < 4.78 is 39.3. The second-order valence-electron chi connectivity index (χ2n) is 5.35. The number of alkyl halides is 2. The smallest absolute Gasteiger partial charge is 0.345 e. The van der Waals surface area contributed by atoms with E-state index in [1.165, 1.54) is 18.2 Å². The van der Waals surface area contributed by atoms with Crippen LogP contribution in [0.15, 0.2) is 27.5 Å². The maximum absolute atomic E-state index is 14.0. The minimum Gasteiger partial charge on any atom is -0.345 e. The largest absolute Gasteiger partial charge is 0.400 e. The van der Waals surface area contributed by atoms with Crippen molar-refractivity contribution in [3.63, 3.8) is 0 Å². The summed E-state index contributed by atoms with van der Waals surface area (Å²) in [6, 6.07) is 4.10. The quantitative estimate of drug-likeness (QED) is 0.352. The molecule has 27 heavy (non-hydrogen) atoms. The van der Waals surface area contributed by atoms with Gasteiger partial charge in [-0.2, -0.15) is 13.9 Å². The van der Waals surface area contributed by atoms with Crippen LogP contribution in [0.5, 0.6) is 0 Å². The molecule has 144 valence electrons. The van der Waals surface area contributed by atoms with Crippen LogP contribution in [0.2, 0.25) is 0 Å². The van der Waals surface area contributed by atoms with E-state index < -0.39 is 29.7 Å². The lowest BCUT2D eigenvalue weighted by atomic mass is 10.1. The van der Waals surface area contributed by atoms with Gasteiger partial charge in [0.15, 0.2) is 0 Å². The number of aromatic nitrogens is 3. The second kappa shape index (κ2) is 6.91. The Hall–Kier alpha value is -1.92. The number of fused-ring (bicyclic) bond motifs is 1. The summed E-state index contributed by atoms with van der Waals surface area (Å²) in [6.07, 6.45) is 0. The predicted octanol–water partition coefficient (Wildman–Crippen LogP) is 2.23. The number of H-pyrrole nitrogens is 2. The molecule has 1 aromatic carbocycles. The normalized spacial score (nSPS) is 12.5. The summed E-state index contributed by atoms with van der Waals surface area (Å²) >= 11 is 3.46. The third kappa shape index (κ3) is 3.73. The van der Waals surface area contributed by atoms with Gasteiger partial charge in [-0.15, -0.1) is 11.3 Å². The Balaban J connectivity index is 1.91. The molecule has 0 unspecified atom stereocenters. The van der Waals surface area contributed by atoms with Crippen LogP contribution in [-0.4, -0.2) is 30.9 Å². The molecule has 3 rings (SSSR count). The SMILES string of the molecule is O=C(NCc1n[nH]c(=O)[nH]1)c1ccc2sc(C(F)(F)P(=O)(O)O)c(Br)c2c1. The molecule has 2 heterocycles. The number of halogens is 3. The van der Waals surface area contributed by atoms with Crippen molar-refractivity contribution in [1.82, 2.24) is 20.5 Å². The van der Waals surface area contributed by atoms with E-state index in [9.17, 15) is 22.9 Å². The van der Waals surface area contributed by atoms with Crippen molar-refractivity contribution in [2.75, 3.05) is 0 Å². The molecule has 0 aliphatic carbocycles. The summed E-state index contributed by atoms with van der Waals surface area (Å²) in [6.45, 7) is -0.0675. The summed E-state index contributed by atoms with van der Waals surface area (Å²) in [4.78, 5) is 42.5.